The number of hydrogen-bond acceptors (Lipinski definition) is 6. The van der Waals surface area contributed by atoms with Crippen LogP contribution in [0.1, 0.15) is 48.0 Å². The van der Waals surface area contributed by atoms with Gasteiger partial charge < -0.3 is 24.3 Å². The maximum atomic E-state index is 12.2. The van der Waals surface area contributed by atoms with Crippen molar-refractivity contribution in [3.63, 3.8) is 0 Å². The molecule has 0 unspecified atom stereocenters. The standard InChI is InChI=1S/C23H25NO6/c1-27-14-16-6-5-7-17(12-16)22(26)28-15-21(25)24-18-8-9-19-20(13-18)30-23(29-19)10-3-2-4-11-23/h5-9,12-13H,2-4,10-11,14-15H2,1H3,(H,24,25). The van der Waals surface area contributed by atoms with E-state index in [0.717, 1.165) is 31.2 Å². The Bertz CT molecular complexity index is 935. The van der Waals surface area contributed by atoms with Crippen molar-refractivity contribution in [2.75, 3.05) is 19.0 Å². The molecule has 1 saturated carbocycles. The fraction of sp³-hybridized carbons (Fsp3) is 0.391. The first-order valence-electron chi connectivity index (χ1n) is 10.1. The van der Waals surface area contributed by atoms with Crippen LogP contribution >= 0.6 is 0 Å². The lowest BCUT2D eigenvalue weighted by Gasteiger charge is -2.31. The van der Waals surface area contributed by atoms with E-state index >= 15 is 0 Å². The van der Waals surface area contributed by atoms with Crippen LogP contribution in [0.3, 0.4) is 0 Å². The van der Waals surface area contributed by atoms with Gasteiger partial charge in [-0.25, -0.2) is 4.79 Å². The van der Waals surface area contributed by atoms with Crippen molar-refractivity contribution < 1.29 is 28.5 Å². The minimum absolute atomic E-state index is 0.373. The van der Waals surface area contributed by atoms with Crippen molar-refractivity contribution in [3.8, 4) is 11.5 Å². The van der Waals surface area contributed by atoms with E-state index in [1.807, 2.05) is 6.07 Å². The summed E-state index contributed by atoms with van der Waals surface area (Å²) in [5, 5.41) is 2.73. The molecule has 0 bridgehead atoms. The lowest BCUT2D eigenvalue weighted by Crippen LogP contribution is -2.40. The predicted octanol–water partition coefficient (Wildman–Crippen LogP) is 4.06. The van der Waals surface area contributed by atoms with Gasteiger partial charge in [-0.2, -0.15) is 0 Å². The number of hydrogen-bond donors (Lipinski definition) is 1. The molecule has 2 aliphatic rings. The third kappa shape index (κ3) is 4.57. The van der Waals surface area contributed by atoms with Crippen LogP contribution in [-0.4, -0.2) is 31.4 Å². The van der Waals surface area contributed by atoms with Gasteiger partial charge in [-0.05, 0) is 42.7 Å². The summed E-state index contributed by atoms with van der Waals surface area (Å²) in [5.74, 6) is -0.231. The smallest absolute Gasteiger partial charge is 0.338 e. The predicted molar refractivity (Wildman–Crippen MR) is 110 cm³/mol. The van der Waals surface area contributed by atoms with E-state index in [-0.39, 0.29) is 6.61 Å². The van der Waals surface area contributed by atoms with Crippen LogP contribution in [0, 0.1) is 0 Å². The topological polar surface area (TPSA) is 83.1 Å². The molecule has 2 aromatic carbocycles. The van der Waals surface area contributed by atoms with Crippen LogP contribution < -0.4 is 14.8 Å². The summed E-state index contributed by atoms with van der Waals surface area (Å²) in [6.45, 7) is 0.0126. The number of amides is 1. The fourth-order valence-corrected chi connectivity index (χ4v) is 3.83. The number of anilines is 1. The van der Waals surface area contributed by atoms with Crippen LogP contribution in [0.2, 0.25) is 0 Å². The third-order valence-corrected chi connectivity index (χ3v) is 5.24. The molecule has 158 valence electrons. The molecule has 7 heteroatoms. The number of benzene rings is 2. The van der Waals surface area contributed by atoms with Gasteiger partial charge in [0.25, 0.3) is 11.7 Å². The van der Waals surface area contributed by atoms with Gasteiger partial charge in [0, 0.05) is 31.7 Å². The molecule has 1 fully saturated rings. The van der Waals surface area contributed by atoms with E-state index in [2.05, 4.69) is 5.32 Å². The largest absolute Gasteiger partial charge is 0.452 e. The second kappa shape index (κ2) is 8.75. The molecule has 7 nitrogen and oxygen atoms in total. The van der Waals surface area contributed by atoms with Crippen molar-refractivity contribution in [1.82, 2.24) is 0 Å². The number of nitrogens with one attached hydrogen (secondary N) is 1. The monoisotopic (exact) mass is 411 g/mol. The molecule has 0 aromatic heterocycles. The number of methoxy groups -OCH3 is 1. The van der Waals surface area contributed by atoms with Crippen LogP contribution in [0.25, 0.3) is 0 Å². The normalized spacial score (nSPS) is 16.3. The zero-order valence-corrected chi connectivity index (χ0v) is 16.9. The number of carbonyl (C=O) groups is 2. The summed E-state index contributed by atoms with van der Waals surface area (Å²) in [7, 11) is 1.58. The molecule has 30 heavy (non-hydrogen) atoms. The van der Waals surface area contributed by atoms with E-state index in [1.54, 1.807) is 43.5 Å². The number of ether oxygens (including phenoxy) is 4. The van der Waals surface area contributed by atoms with Gasteiger partial charge in [-0.1, -0.05) is 18.6 Å². The Morgan fingerprint density at radius 2 is 1.83 bits per heavy atom. The average Bonchev–Trinajstić information content (AvgIpc) is 3.09. The maximum Gasteiger partial charge on any atom is 0.338 e. The molecular formula is C23H25NO6. The molecule has 2 aromatic rings. The summed E-state index contributed by atoms with van der Waals surface area (Å²) >= 11 is 0. The molecule has 0 atom stereocenters. The molecule has 1 heterocycles. The molecule has 0 saturated heterocycles. The lowest BCUT2D eigenvalue weighted by atomic mass is 9.94. The first-order chi connectivity index (χ1) is 14.6. The first-order valence-corrected chi connectivity index (χ1v) is 10.1. The maximum absolute atomic E-state index is 12.2. The highest BCUT2D eigenvalue weighted by Gasteiger charge is 2.42. The van der Waals surface area contributed by atoms with Crippen molar-refractivity contribution in [1.29, 1.82) is 0 Å². The van der Waals surface area contributed by atoms with Crippen molar-refractivity contribution in [2.24, 2.45) is 0 Å². The molecule has 1 N–H and O–H groups in total. The van der Waals surface area contributed by atoms with Crippen molar-refractivity contribution >= 4 is 17.6 Å². The summed E-state index contributed by atoms with van der Waals surface area (Å²) < 4.78 is 22.3. The second-order valence-electron chi connectivity index (χ2n) is 7.59. The Labute approximate surface area is 175 Å². The Hall–Kier alpha value is -3.06. The molecule has 0 radical (unpaired) electrons. The lowest BCUT2D eigenvalue weighted by molar-refractivity contribution is -0.119. The van der Waals surface area contributed by atoms with Gasteiger partial charge in [-0.15, -0.1) is 0 Å². The quantitative estimate of drug-likeness (QED) is 0.722. The molecule has 4 rings (SSSR count). The Morgan fingerprint density at radius 3 is 2.63 bits per heavy atom. The molecule has 1 spiro atoms. The Morgan fingerprint density at radius 1 is 1.03 bits per heavy atom. The van der Waals surface area contributed by atoms with E-state index in [9.17, 15) is 9.59 Å². The highest BCUT2D eigenvalue weighted by molar-refractivity contribution is 5.95. The van der Waals surface area contributed by atoms with Gasteiger partial charge in [0.05, 0.1) is 12.2 Å². The Kier molecular flexibility index (Phi) is 5.90. The van der Waals surface area contributed by atoms with Gasteiger partial charge in [0.15, 0.2) is 18.1 Å². The van der Waals surface area contributed by atoms with E-state index in [1.165, 1.54) is 6.42 Å². The summed E-state index contributed by atoms with van der Waals surface area (Å²) in [5.41, 5.74) is 1.79. The zero-order valence-electron chi connectivity index (χ0n) is 16.9. The second-order valence-corrected chi connectivity index (χ2v) is 7.59. The van der Waals surface area contributed by atoms with Crippen molar-refractivity contribution in [3.05, 3.63) is 53.6 Å². The summed E-state index contributed by atoms with van der Waals surface area (Å²) in [6, 6.07) is 12.2. The average molecular weight is 411 g/mol. The van der Waals surface area contributed by atoms with Crippen LogP contribution in [0.4, 0.5) is 5.69 Å². The van der Waals surface area contributed by atoms with Gasteiger partial charge in [0.1, 0.15) is 0 Å². The number of carbonyl (C=O) groups excluding carboxylic acids is 2. The molecule has 1 aliphatic heterocycles. The molecule has 1 amide bonds. The SMILES string of the molecule is COCc1cccc(C(=O)OCC(=O)Nc2ccc3c(c2)OC2(CCCCC2)O3)c1. The zero-order chi connectivity index (χ0) is 21.0. The van der Waals surface area contributed by atoms with E-state index in [4.69, 9.17) is 18.9 Å². The summed E-state index contributed by atoms with van der Waals surface area (Å²) in [4.78, 5) is 24.4. The highest BCUT2D eigenvalue weighted by atomic mass is 16.7. The number of rotatable bonds is 6. The van der Waals surface area contributed by atoms with Crippen LogP contribution in [0.5, 0.6) is 11.5 Å². The van der Waals surface area contributed by atoms with Crippen LogP contribution in [-0.2, 0) is 20.9 Å². The van der Waals surface area contributed by atoms with Crippen LogP contribution in [0.15, 0.2) is 42.5 Å². The van der Waals surface area contributed by atoms with Gasteiger partial charge in [0.2, 0.25) is 0 Å². The number of esters is 1. The fourth-order valence-electron chi connectivity index (χ4n) is 3.83. The van der Waals surface area contributed by atoms with Gasteiger partial charge >= 0.3 is 5.97 Å². The first kappa shape index (κ1) is 20.2. The third-order valence-electron chi connectivity index (χ3n) is 5.24. The summed E-state index contributed by atoms with van der Waals surface area (Å²) in [6.07, 6.45) is 5.09. The van der Waals surface area contributed by atoms with E-state index in [0.29, 0.717) is 29.4 Å². The minimum atomic E-state index is -0.562. The molecular weight excluding hydrogens is 386 g/mol. The molecule has 1 aliphatic carbocycles. The highest BCUT2D eigenvalue weighted by Crippen LogP contribution is 2.46. The Balaban J connectivity index is 1.31. The van der Waals surface area contributed by atoms with E-state index < -0.39 is 17.7 Å². The van der Waals surface area contributed by atoms with Crippen molar-refractivity contribution in [2.45, 2.75) is 44.5 Å². The van der Waals surface area contributed by atoms with Gasteiger partial charge in [-0.3, -0.25) is 4.79 Å². The minimum Gasteiger partial charge on any atom is -0.452 e. The number of fused-ring (bicyclic) bond motifs is 1.